The molecule has 2 aliphatic heterocycles. The number of hydrogen-bond donors (Lipinski definition) is 6. The number of amides is 2. The van der Waals surface area contributed by atoms with Crippen LogP contribution < -0.4 is 26.0 Å². The number of rotatable bonds is 17. The molecule has 0 saturated carbocycles. The third-order valence-electron chi connectivity index (χ3n) is 7.45. The van der Waals surface area contributed by atoms with Gasteiger partial charge in [-0.05, 0) is 95.8 Å². The number of nitrogens with one attached hydrogen (secondary N) is 5. The van der Waals surface area contributed by atoms with Gasteiger partial charge in [0.2, 0.25) is 21.8 Å². The molecule has 0 radical (unpaired) electrons. The Balaban J connectivity index is 0.00000722. The minimum absolute atomic E-state index is 0. The average molecular weight is 619 g/mol. The van der Waals surface area contributed by atoms with Gasteiger partial charge in [0.15, 0.2) is 0 Å². The molecule has 0 aliphatic carbocycles. The second-order valence-corrected chi connectivity index (χ2v) is 12.3. The van der Waals surface area contributed by atoms with E-state index in [2.05, 4.69) is 26.0 Å². The van der Waals surface area contributed by atoms with Crippen molar-refractivity contribution in [2.24, 2.45) is 17.8 Å². The van der Waals surface area contributed by atoms with Gasteiger partial charge in [0.25, 0.3) is 0 Å². The summed E-state index contributed by atoms with van der Waals surface area (Å²) >= 11 is 0. The van der Waals surface area contributed by atoms with Crippen molar-refractivity contribution in [2.75, 3.05) is 45.0 Å². The number of halogens is 2. The summed E-state index contributed by atoms with van der Waals surface area (Å²) in [4.78, 5) is 36.8. The topological polar surface area (TPSA) is 166 Å². The van der Waals surface area contributed by atoms with Crippen LogP contribution >= 0.6 is 24.8 Å². The molecule has 230 valence electrons. The van der Waals surface area contributed by atoms with Crippen LogP contribution in [0.1, 0.15) is 71.1 Å². The Kier molecular flexibility index (Phi) is 20.0. The van der Waals surface area contributed by atoms with E-state index in [4.69, 9.17) is 0 Å². The first-order chi connectivity index (χ1) is 17.7. The number of carbonyl (C=O) groups excluding carboxylic acids is 2. The number of piperidine rings is 2. The molecule has 0 bridgehead atoms. The Bertz CT molecular complexity index is 802. The van der Waals surface area contributed by atoms with Gasteiger partial charge in [-0.15, -0.1) is 24.8 Å². The van der Waals surface area contributed by atoms with Crippen molar-refractivity contribution in [1.82, 2.24) is 26.0 Å². The monoisotopic (exact) mass is 617 g/mol. The molecule has 0 aromatic rings. The highest BCUT2D eigenvalue weighted by Gasteiger charge is 2.26. The molecule has 0 unspecified atom stereocenters. The van der Waals surface area contributed by atoms with E-state index >= 15 is 0 Å². The predicted molar refractivity (Wildman–Crippen MR) is 157 cm³/mol. The minimum Gasteiger partial charge on any atom is -0.480 e. The maximum absolute atomic E-state index is 13.0. The number of carbonyl (C=O) groups is 3. The molecule has 1 atom stereocenters. The van der Waals surface area contributed by atoms with Crippen LogP contribution in [0.25, 0.3) is 0 Å². The van der Waals surface area contributed by atoms with Crippen LogP contribution in [0.4, 0.5) is 0 Å². The van der Waals surface area contributed by atoms with E-state index in [0.29, 0.717) is 24.7 Å². The molecule has 2 heterocycles. The van der Waals surface area contributed by atoms with E-state index in [0.717, 1.165) is 77.5 Å². The standard InChI is InChI=1S/C25H47N5O6S.2ClH/c1-2-3-16-37(35,36)30-22(25(33)34)17-28-23(31)18-29-24(32)21(6-4-19-8-12-26-13-9-19)7-5-20-10-14-27-15-11-20;;/h19-22,26-27,30H,2-18H2,1H3,(H,28,31)(H,29,32)(H,33,34);2*1H/t22-;;/m0../s1. The second-order valence-electron chi connectivity index (χ2n) is 10.4. The van der Waals surface area contributed by atoms with Gasteiger partial charge in [-0.1, -0.05) is 13.3 Å². The molecule has 0 spiro atoms. The van der Waals surface area contributed by atoms with Crippen molar-refractivity contribution in [1.29, 1.82) is 0 Å². The average Bonchev–Trinajstić information content (AvgIpc) is 2.89. The van der Waals surface area contributed by atoms with Crippen molar-refractivity contribution in [2.45, 2.75) is 77.2 Å². The molecule has 11 nitrogen and oxygen atoms in total. The fourth-order valence-electron chi connectivity index (χ4n) is 5.00. The van der Waals surface area contributed by atoms with Gasteiger partial charge in [0.05, 0.1) is 12.3 Å². The molecule has 2 amide bonds. The number of unbranched alkanes of at least 4 members (excludes halogenated alkanes) is 1. The van der Waals surface area contributed by atoms with Crippen LogP contribution in [0, 0.1) is 17.8 Å². The molecular weight excluding hydrogens is 569 g/mol. The third-order valence-corrected chi connectivity index (χ3v) is 8.92. The highest BCUT2D eigenvalue weighted by Crippen LogP contribution is 2.26. The highest BCUT2D eigenvalue weighted by molar-refractivity contribution is 7.89. The first-order valence-corrected chi connectivity index (χ1v) is 15.5. The zero-order chi connectivity index (χ0) is 27.1. The maximum Gasteiger partial charge on any atom is 0.323 e. The number of carboxylic acid groups (broad SMARTS) is 1. The number of hydrogen-bond acceptors (Lipinski definition) is 7. The lowest BCUT2D eigenvalue weighted by Crippen LogP contribution is -2.50. The lowest BCUT2D eigenvalue weighted by Gasteiger charge is -2.27. The SMILES string of the molecule is CCCCS(=O)(=O)N[C@@H](CNC(=O)CNC(=O)C(CCC1CCNCC1)CCC1CCNCC1)C(=O)O.Cl.Cl. The Morgan fingerprint density at radius 3 is 1.87 bits per heavy atom. The number of carboxylic acids is 1. The van der Waals surface area contributed by atoms with Crippen LogP contribution in [-0.4, -0.2) is 82.4 Å². The van der Waals surface area contributed by atoms with Crippen molar-refractivity contribution < 1.29 is 27.9 Å². The third kappa shape index (κ3) is 16.0. The summed E-state index contributed by atoms with van der Waals surface area (Å²) in [6.45, 7) is 5.23. The fourth-order valence-corrected chi connectivity index (χ4v) is 6.40. The van der Waals surface area contributed by atoms with Crippen LogP contribution in [0.15, 0.2) is 0 Å². The Morgan fingerprint density at radius 2 is 1.41 bits per heavy atom. The van der Waals surface area contributed by atoms with E-state index in [-0.39, 0.29) is 48.9 Å². The van der Waals surface area contributed by atoms with Gasteiger partial charge in [-0.2, -0.15) is 4.72 Å². The lowest BCUT2D eigenvalue weighted by molar-refractivity contribution is -0.139. The van der Waals surface area contributed by atoms with E-state index < -0.39 is 34.5 Å². The molecule has 2 saturated heterocycles. The fraction of sp³-hybridized carbons (Fsp3) is 0.880. The summed E-state index contributed by atoms with van der Waals surface area (Å²) in [5.74, 6) is -1.17. The Morgan fingerprint density at radius 1 is 0.897 bits per heavy atom. The van der Waals surface area contributed by atoms with Crippen molar-refractivity contribution in [3.05, 3.63) is 0 Å². The summed E-state index contributed by atoms with van der Waals surface area (Å²) in [5.41, 5.74) is 0. The van der Waals surface area contributed by atoms with E-state index in [1.165, 1.54) is 0 Å². The van der Waals surface area contributed by atoms with Crippen LogP contribution in [-0.2, 0) is 24.4 Å². The van der Waals surface area contributed by atoms with Crippen molar-refractivity contribution >= 4 is 52.6 Å². The molecule has 2 aliphatic rings. The van der Waals surface area contributed by atoms with Gasteiger partial charge in [-0.3, -0.25) is 14.4 Å². The smallest absolute Gasteiger partial charge is 0.323 e. The summed E-state index contributed by atoms with van der Waals surface area (Å²) in [5, 5.41) is 21.2. The minimum atomic E-state index is -3.76. The molecule has 39 heavy (non-hydrogen) atoms. The van der Waals surface area contributed by atoms with Crippen LogP contribution in [0.3, 0.4) is 0 Å². The lowest BCUT2D eigenvalue weighted by atomic mass is 9.84. The van der Waals surface area contributed by atoms with E-state index in [1.807, 2.05) is 6.92 Å². The normalized spacial score (nSPS) is 17.5. The number of aliphatic carboxylic acids is 1. The van der Waals surface area contributed by atoms with Gasteiger partial charge in [-0.25, -0.2) is 8.42 Å². The van der Waals surface area contributed by atoms with Gasteiger partial charge in [0.1, 0.15) is 6.04 Å². The van der Waals surface area contributed by atoms with Crippen LogP contribution in [0.5, 0.6) is 0 Å². The van der Waals surface area contributed by atoms with Crippen molar-refractivity contribution in [3.8, 4) is 0 Å². The van der Waals surface area contributed by atoms with E-state index in [9.17, 15) is 27.9 Å². The second kappa shape index (κ2) is 20.7. The summed E-state index contributed by atoms with van der Waals surface area (Å²) in [6, 6.07) is -1.47. The predicted octanol–water partition coefficient (Wildman–Crippen LogP) is 1.41. The quantitative estimate of drug-likeness (QED) is 0.142. The largest absolute Gasteiger partial charge is 0.480 e. The maximum atomic E-state index is 13.0. The van der Waals surface area contributed by atoms with Gasteiger partial charge < -0.3 is 26.4 Å². The van der Waals surface area contributed by atoms with Crippen LogP contribution in [0.2, 0.25) is 0 Å². The summed E-state index contributed by atoms with van der Waals surface area (Å²) in [6.07, 6.45) is 9.15. The molecule has 2 rings (SSSR count). The van der Waals surface area contributed by atoms with Gasteiger partial charge >= 0.3 is 5.97 Å². The van der Waals surface area contributed by atoms with Gasteiger partial charge in [0, 0.05) is 12.5 Å². The van der Waals surface area contributed by atoms with Crippen molar-refractivity contribution in [3.63, 3.8) is 0 Å². The zero-order valence-corrected chi connectivity index (χ0v) is 25.5. The molecular formula is C25H49Cl2N5O6S. The molecule has 2 fully saturated rings. The molecule has 0 aromatic heterocycles. The highest BCUT2D eigenvalue weighted by atomic mass is 35.5. The number of sulfonamides is 1. The summed E-state index contributed by atoms with van der Waals surface area (Å²) in [7, 11) is -3.76. The summed E-state index contributed by atoms with van der Waals surface area (Å²) < 4.78 is 26.2. The molecule has 6 N–H and O–H groups in total. The first kappa shape index (κ1) is 37.8. The Hall–Kier alpha value is -1.18. The molecule has 14 heteroatoms. The zero-order valence-electron chi connectivity index (χ0n) is 23.0. The van der Waals surface area contributed by atoms with E-state index in [1.54, 1.807) is 0 Å². The Labute approximate surface area is 246 Å². The molecule has 0 aromatic carbocycles. The first-order valence-electron chi connectivity index (χ1n) is 13.9.